The molecule has 0 saturated heterocycles. The molecule has 1 heterocycles. The summed E-state index contributed by atoms with van der Waals surface area (Å²) in [5, 5.41) is 3.01. The molecular weight excluding hydrogens is 408 g/mol. The van der Waals surface area contributed by atoms with Crippen LogP contribution in [-0.4, -0.2) is 30.0 Å². The van der Waals surface area contributed by atoms with Gasteiger partial charge in [0.1, 0.15) is 10.7 Å². The van der Waals surface area contributed by atoms with Crippen molar-refractivity contribution in [2.24, 2.45) is 0 Å². The number of nitrogen functional groups attached to an aromatic ring is 1. The lowest BCUT2D eigenvalue weighted by molar-refractivity contribution is -0.113. The fraction of sp³-hybridized carbons (Fsp3) is 0.150. The van der Waals surface area contributed by atoms with Crippen molar-refractivity contribution in [2.75, 3.05) is 16.8 Å². The van der Waals surface area contributed by atoms with Crippen LogP contribution < -0.4 is 11.1 Å². The van der Waals surface area contributed by atoms with Crippen molar-refractivity contribution in [1.29, 1.82) is 0 Å². The summed E-state index contributed by atoms with van der Waals surface area (Å²) in [4.78, 5) is 20.2. The average Bonchev–Trinajstić information content (AvgIpc) is 2.66. The summed E-state index contributed by atoms with van der Waals surface area (Å²) in [5.74, 6) is -0.307. The topological polar surface area (TPSA) is 115 Å². The van der Waals surface area contributed by atoms with Crippen LogP contribution in [0.1, 0.15) is 11.1 Å². The van der Waals surface area contributed by atoms with Gasteiger partial charge in [-0.3, -0.25) is 4.79 Å². The third kappa shape index (κ3) is 5.12. The van der Waals surface area contributed by atoms with Gasteiger partial charge < -0.3 is 11.1 Å². The van der Waals surface area contributed by atoms with Crippen molar-refractivity contribution in [3.63, 3.8) is 0 Å². The SMILES string of the molecule is Cc1ccc(S(=O)(=O)c2cnc(SCC(=O)Nc3cccc(C)c3)nc2N)cc1. The van der Waals surface area contributed by atoms with E-state index in [0.29, 0.717) is 5.69 Å². The van der Waals surface area contributed by atoms with E-state index in [2.05, 4.69) is 15.3 Å². The summed E-state index contributed by atoms with van der Waals surface area (Å²) in [5.41, 5.74) is 8.57. The third-order valence-corrected chi connectivity index (χ3v) is 6.66. The summed E-state index contributed by atoms with van der Waals surface area (Å²) in [7, 11) is -3.82. The molecule has 0 aliphatic carbocycles. The highest BCUT2D eigenvalue weighted by molar-refractivity contribution is 7.99. The number of rotatable bonds is 6. The van der Waals surface area contributed by atoms with Crippen molar-refractivity contribution in [3.05, 3.63) is 65.9 Å². The van der Waals surface area contributed by atoms with Gasteiger partial charge in [-0.15, -0.1) is 0 Å². The molecule has 3 rings (SSSR count). The Hall–Kier alpha value is -2.91. The first-order valence-corrected chi connectivity index (χ1v) is 11.2. The molecule has 2 aromatic carbocycles. The van der Waals surface area contributed by atoms with Gasteiger partial charge in [0.15, 0.2) is 5.16 Å². The average molecular weight is 429 g/mol. The number of aromatic nitrogens is 2. The van der Waals surface area contributed by atoms with Crippen molar-refractivity contribution in [3.8, 4) is 0 Å². The Morgan fingerprint density at radius 3 is 2.48 bits per heavy atom. The number of thioether (sulfide) groups is 1. The smallest absolute Gasteiger partial charge is 0.234 e. The normalized spacial score (nSPS) is 11.2. The molecule has 0 atom stereocenters. The maximum atomic E-state index is 12.7. The van der Waals surface area contributed by atoms with Crippen LogP contribution in [0.15, 0.2) is 69.7 Å². The highest BCUT2D eigenvalue weighted by atomic mass is 32.2. The quantitative estimate of drug-likeness (QED) is 0.457. The lowest BCUT2D eigenvalue weighted by Gasteiger charge is -2.09. The van der Waals surface area contributed by atoms with Crippen LogP contribution in [0.4, 0.5) is 11.5 Å². The van der Waals surface area contributed by atoms with E-state index in [1.807, 2.05) is 32.0 Å². The molecule has 1 aromatic heterocycles. The molecule has 0 aliphatic heterocycles. The summed E-state index contributed by atoms with van der Waals surface area (Å²) in [6.45, 7) is 3.81. The van der Waals surface area contributed by atoms with E-state index < -0.39 is 9.84 Å². The van der Waals surface area contributed by atoms with Gasteiger partial charge in [0, 0.05) is 5.69 Å². The van der Waals surface area contributed by atoms with Crippen LogP contribution in [0.2, 0.25) is 0 Å². The second-order valence-electron chi connectivity index (χ2n) is 6.42. The minimum atomic E-state index is -3.82. The van der Waals surface area contributed by atoms with Crippen molar-refractivity contribution >= 4 is 39.0 Å². The molecule has 150 valence electrons. The van der Waals surface area contributed by atoms with Crippen LogP contribution in [0.25, 0.3) is 0 Å². The molecule has 3 N–H and O–H groups in total. The zero-order chi connectivity index (χ0) is 21.0. The van der Waals surface area contributed by atoms with Crippen LogP contribution >= 0.6 is 11.8 Å². The number of nitrogens with zero attached hydrogens (tertiary/aromatic N) is 2. The highest BCUT2D eigenvalue weighted by Gasteiger charge is 2.22. The van der Waals surface area contributed by atoms with Gasteiger partial charge in [0.25, 0.3) is 0 Å². The van der Waals surface area contributed by atoms with Crippen LogP contribution in [0.3, 0.4) is 0 Å². The molecule has 0 saturated carbocycles. The number of hydrogen-bond donors (Lipinski definition) is 2. The van der Waals surface area contributed by atoms with Gasteiger partial charge >= 0.3 is 0 Å². The molecule has 0 unspecified atom stereocenters. The van der Waals surface area contributed by atoms with E-state index >= 15 is 0 Å². The summed E-state index contributed by atoms with van der Waals surface area (Å²) < 4.78 is 25.5. The second-order valence-corrected chi connectivity index (χ2v) is 9.29. The fourth-order valence-corrected chi connectivity index (χ4v) is 4.42. The number of anilines is 2. The first-order chi connectivity index (χ1) is 13.8. The van der Waals surface area contributed by atoms with E-state index in [0.717, 1.165) is 22.9 Å². The molecule has 7 nitrogen and oxygen atoms in total. The Bertz CT molecular complexity index is 1150. The number of carbonyl (C=O) groups excluding carboxylic acids is 1. The first-order valence-electron chi connectivity index (χ1n) is 8.69. The van der Waals surface area contributed by atoms with Crippen molar-refractivity contribution in [2.45, 2.75) is 28.8 Å². The number of nitrogens with two attached hydrogens (primary N) is 1. The van der Waals surface area contributed by atoms with Crippen LogP contribution in [-0.2, 0) is 14.6 Å². The molecule has 0 radical (unpaired) electrons. The molecule has 0 bridgehead atoms. The van der Waals surface area contributed by atoms with E-state index in [1.54, 1.807) is 18.2 Å². The Kier molecular flexibility index (Phi) is 6.19. The number of aryl methyl sites for hydroxylation is 2. The van der Waals surface area contributed by atoms with E-state index in [1.165, 1.54) is 18.3 Å². The lowest BCUT2D eigenvalue weighted by atomic mass is 10.2. The molecule has 3 aromatic rings. The van der Waals surface area contributed by atoms with Crippen LogP contribution in [0.5, 0.6) is 0 Å². The Morgan fingerprint density at radius 2 is 1.83 bits per heavy atom. The second kappa shape index (κ2) is 8.62. The molecule has 1 amide bonds. The number of benzene rings is 2. The molecule has 9 heteroatoms. The first kappa shape index (κ1) is 20.8. The molecule has 0 fully saturated rings. The highest BCUT2D eigenvalue weighted by Crippen LogP contribution is 2.26. The summed E-state index contributed by atoms with van der Waals surface area (Å²) in [6, 6.07) is 13.9. The van der Waals surface area contributed by atoms with E-state index in [-0.39, 0.29) is 32.4 Å². The Morgan fingerprint density at radius 1 is 1.10 bits per heavy atom. The molecule has 0 spiro atoms. The van der Waals surface area contributed by atoms with Crippen molar-refractivity contribution in [1.82, 2.24) is 9.97 Å². The van der Waals surface area contributed by atoms with E-state index in [9.17, 15) is 13.2 Å². The fourth-order valence-electron chi connectivity index (χ4n) is 2.54. The predicted octanol–water partition coefficient (Wildman–Crippen LogP) is 3.24. The Balaban J connectivity index is 1.69. The zero-order valence-electron chi connectivity index (χ0n) is 15.9. The van der Waals surface area contributed by atoms with Gasteiger partial charge in [-0.1, -0.05) is 41.6 Å². The standard InChI is InChI=1S/C20H20N4O3S2/c1-13-6-8-16(9-7-13)29(26,27)17-11-22-20(24-19(17)21)28-12-18(25)23-15-5-3-4-14(2)10-15/h3-11H,12H2,1-2H3,(H,23,25)(H2,21,22,24). The van der Waals surface area contributed by atoms with E-state index in [4.69, 9.17) is 5.73 Å². The maximum absolute atomic E-state index is 12.7. The number of hydrogen-bond acceptors (Lipinski definition) is 7. The monoisotopic (exact) mass is 428 g/mol. The summed E-state index contributed by atoms with van der Waals surface area (Å²) >= 11 is 1.07. The van der Waals surface area contributed by atoms with Gasteiger partial charge in [0.2, 0.25) is 15.7 Å². The number of amides is 1. The Labute approximate surface area is 173 Å². The largest absolute Gasteiger partial charge is 0.382 e. The molecule has 29 heavy (non-hydrogen) atoms. The number of nitrogens with one attached hydrogen (secondary N) is 1. The predicted molar refractivity (Wildman–Crippen MR) is 114 cm³/mol. The maximum Gasteiger partial charge on any atom is 0.234 e. The minimum absolute atomic E-state index is 0.0669. The number of carbonyl (C=O) groups is 1. The van der Waals surface area contributed by atoms with Gasteiger partial charge in [-0.25, -0.2) is 18.4 Å². The van der Waals surface area contributed by atoms with Gasteiger partial charge in [-0.05, 0) is 43.7 Å². The summed E-state index contributed by atoms with van der Waals surface area (Å²) in [6.07, 6.45) is 1.18. The minimum Gasteiger partial charge on any atom is -0.382 e. The third-order valence-electron chi connectivity index (χ3n) is 4.02. The molecule has 0 aliphatic rings. The van der Waals surface area contributed by atoms with Gasteiger partial charge in [0.05, 0.1) is 16.8 Å². The van der Waals surface area contributed by atoms with Crippen LogP contribution in [0, 0.1) is 13.8 Å². The number of sulfone groups is 1. The molecular formula is C20H20N4O3S2. The van der Waals surface area contributed by atoms with Gasteiger partial charge in [-0.2, -0.15) is 0 Å². The lowest BCUT2D eigenvalue weighted by Crippen LogP contribution is -2.14. The zero-order valence-corrected chi connectivity index (χ0v) is 17.5. The van der Waals surface area contributed by atoms with Crippen molar-refractivity contribution < 1.29 is 13.2 Å².